The first-order valence-corrected chi connectivity index (χ1v) is 6.59. The zero-order valence-corrected chi connectivity index (χ0v) is 11.8. The van der Waals surface area contributed by atoms with E-state index in [1.54, 1.807) is 0 Å². The molecule has 3 N–H and O–H groups in total. The van der Waals surface area contributed by atoms with E-state index in [2.05, 4.69) is 33.2 Å². The van der Waals surface area contributed by atoms with Gasteiger partial charge in [-0.1, -0.05) is 12.1 Å². The molecule has 4 heteroatoms. The van der Waals surface area contributed by atoms with E-state index in [0.29, 0.717) is 0 Å². The van der Waals surface area contributed by atoms with E-state index in [9.17, 15) is 0 Å². The van der Waals surface area contributed by atoms with Crippen molar-refractivity contribution < 1.29 is 4.42 Å². The van der Waals surface area contributed by atoms with Gasteiger partial charge in [0.25, 0.3) is 0 Å². The third-order valence-electron chi connectivity index (χ3n) is 2.79. The normalized spacial score (nSPS) is 12.2. The first kappa shape index (κ1) is 13.2. The molecule has 0 amide bonds. The molecule has 2 rings (SSSR count). The summed E-state index contributed by atoms with van der Waals surface area (Å²) in [5.74, 6) is 12.3. The van der Waals surface area contributed by atoms with Crippen LogP contribution in [0.4, 0.5) is 0 Å². The molecule has 94 valence electrons. The summed E-state index contributed by atoms with van der Waals surface area (Å²) < 4.78 is 6.80. The Morgan fingerprint density at radius 3 is 3.00 bits per heavy atom. The van der Waals surface area contributed by atoms with Gasteiger partial charge < -0.3 is 4.42 Å². The summed E-state index contributed by atoms with van der Waals surface area (Å²) in [6.45, 7) is 1.84. The highest BCUT2D eigenvalue weighted by Gasteiger charge is 2.15. The van der Waals surface area contributed by atoms with Crippen LogP contribution in [0.2, 0.25) is 0 Å². The third kappa shape index (κ3) is 2.75. The second kappa shape index (κ2) is 6.05. The Balaban J connectivity index is 2.27. The molecule has 0 radical (unpaired) electrons. The average molecular weight is 307 g/mol. The molecule has 0 fully saturated rings. The predicted octanol–water partition coefficient (Wildman–Crippen LogP) is 3.50. The third-order valence-corrected chi connectivity index (χ3v) is 3.42. The van der Waals surface area contributed by atoms with Crippen molar-refractivity contribution in [1.29, 1.82) is 0 Å². The predicted molar refractivity (Wildman–Crippen MR) is 76.7 cm³/mol. The van der Waals surface area contributed by atoms with Crippen molar-refractivity contribution in [1.82, 2.24) is 5.43 Å². The Labute approximate surface area is 115 Å². The van der Waals surface area contributed by atoms with Gasteiger partial charge in [0.05, 0.1) is 10.5 Å². The topological polar surface area (TPSA) is 51.2 Å². The van der Waals surface area contributed by atoms with Crippen LogP contribution in [-0.4, -0.2) is 0 Å². The van der Waals surface area contributed by atoms with Crippen LogP contribution >= 0.6 is 15.9 Å². The number of halogens is 1. The molecule has 0 spiro atoms. The molecule has 2 aromatic rings. The van der Waals surface area contributed by atoms with Gasteiger partial charge in [-0.25, -0.2) is 5.43 Å². The first-order chi connectivity index (χ1) is 8.76. The number of furan rings is 1. The van der Waals surface area contributed by atoms with Gasteiger partial charge in [-0.05, 0) is 41.4 Å². The summed E-state index contributed by atoms with van der Waals surface area (Å²) in [5.41, 5.74) is 3.64. The van der Waals surface area contributed by atoms with Crippen LogP contribution in [-0.2, 0) is 0 Å². The summed E-state index contributed by atoms with van der Waals surface area (Å²) in [4.78, 5) is 0. The summed E-state index contributed by atoms with van der Waals surface area (Å²) >= 11 is 3.48. The Kier molecular flexibility index (Phi) is 4.43. The second-order valence-corrected chi connectivity index (χ2v) is 4.85. The summed E-state index contributed by atoms with van der Waals surface area (Å²) in [6.07, 6.45) is 1.62. The molecule has 1 unspecified atom stereocenters. The molecular weight excluding hydrogens is 292 g/mol. The van der Waals surface area contributed by atoms with Gasteiger partial charge in [-0.15, -0.1) is 11.8 Å². The van der Waals surface area contributed by atoms with Gasteiger partial charge in [0.2, 0.25) is 0 Å². The van der Waals surface area contributed by atoms with Crippen molar-refractivity contribution in [2.75, 3.05) is 0 Å². The van der Waals surface area contributed by atoms with Crippen molar-refractivity contribution in [3.8, 4) is 11.8 Å². The van der Waals surface area contributed by atoms with E-state index in [4.69, 9.17) is 10.3 Å². The molecule has 0 saturated heterocycles. The zero-order valence-electron chi connectivity index (χ0n) is 10.2. The number of nitrogens with one attached hydrogen (secondary N) is 1. The molecular formula is C14H15BrN2O. The fraction of sp³-hybridized carbons (Fsp3) is 0.286. The van der Waals surface area contributed by atoms with E-state index in [-0.39, 0.29) is 6.04 Å². The van der Waals surface area contributed by atoms with Gasteiger partial charge in [-0.2, -0.15) is 0 Å². The number of hydrazine groups is 1. The monoisotopic (exact) mass is 306 g/mol. The molecule has 1 atom stereocenters. The fourth-order valence-electron chi connectivity index (χ4n) is 1.87. The van der Waals surface area contributed by atoms with Crippen molar-refractivity contribution in [2.24, 2.45) is 5.84 Å². The van der Waals surface area contributed by atoms with Gasteiger partial charge in [-0.3, -0.25) is 5.84 Å². The van der Waals surface area contributed by atoms with E-state index in [1.807, 2.05) is 31.2 Å². The van der Waals surface area contributed by atoms with Crippen molar-refractivity contribution in [3.63, 3.8) is 0 Å². The summed E-state index contributed by atoms with van der Waals surface area (Å²) in [7, 11) is 0. The minimum Gasteiger partial charge on any atom is -0.458 e. The van der Waals surface area contributed by atoms with Gasteiger partial charge in [0, 0.05) is 11.8 Å². The Morgan fingerprint density at radius 1 is 1.50 bits per heavy atom. The van der Waals surface area contributed by atoms with Crippen LogP contribution in [0.3, 0.4) is 0 Å². The number of hydrogen-bond donors (Lipinski definition) is 2. The van der Waals surface area contributed by atoms with Crippen LogP contribution in [0, 0.1) is 11.8 Å². The van der Waals surface area contributed by atoms with Crippen molar-refractivity contribution >= 4 is 26.9 Å². The number of rotatable bonds is 4. The van der Waals surface area contributed by atoms with Crippen LogP contribution in [0.15, 0.2) is 33.2 Å². The Hall–Kier alpha value is -1.28. The minimum absolute atomic E-state index is 0.00912. The van der Waals surface area contributed by atoms with Crippen LogP contribution in [0.5, 0.6) is 0 Å². The van der Waals surface area contributed by atoms with Crippen LogP contribution in [0.1, 0.15) is 31.6 Å². The summed E-state index contributed by atoms with van der Waals surface area (Å²) in [5, 5.41) is 1.07. The average Bonchev–Trinajstić information content (AvgIpc) is 2.80. The number of fused-ring (bicyclic) bond motifs is 1. The Morgan fingerprint density at radius 2 is 2.33 bits per heavy atom. The van der Waals surface area contributed by atoms with Crippen LogP contribution in [0.25, 0.3) is 11.0 Å². The van der Waals surface area contributed by atoms with E-state index < -0.39 is 0 Å². The lowest BCUT2D eigenvalue weighted by Gasteiger charge is -2.10. The Bertz CT molecular complexity index is 595. The molecule has 0 aliphatic carbocycles. The fourth-order valence-corrected chi connectivity index (χ4v) is 2.33. The molecule has 0 bridgehead atoms. The van der Waals surface area contributed by atoms with Gasteiger partial charge in [0.15, 0.2) is 0 Å². The molecule has 0 saturated carbocycles. The molecule has 0 aliphatic heterocycles. The molecule has 1 aromatic carbocycles. The highest BCUT2D eigenvalue weighted by molar-refractivity contribution is 9.10. The number of benzene rings is 1. The molecule has 1 aromatic heterocycles. The van der Waals surface area contributed by atoms with Gasteiger partial charge >= 0.3 is 0 Å². The summed E-state index contributed by atoms with van der Waals surface area (Å²) in [6, 6.07) is 7.98. The maximum absolute atomic E-state index is 5.84. The van der Waals surface area contributed by atoms with E-state index in [1.165, 1.54) is 0 Å². The number of nitrogens with two attached hydrogens (primary N) is 1. The minimum atomic E-state index is -0.00912. The molecule has 3 nitrogen and oxygen atoms in total. The first-order valence-electron chi connectivity index (χ1n) is 5.80. The largest absolute Gasteiger partial charge is 0.458 e. The quantitative estimate of drug-likeness (QED) is 0.516. The second-order valence-electron chi connectivity index (χ2n) is 3.99. The van der Waals surface area contributed by atoms with E-state index >= 15 is 0 Å². The standard InChI is InChI=1S/C14H15BrN2O/c1-2-3-4-8-12(17-16)13-9-10-6-5-7-11(15)14(10)18-13/h5-7,9,12,17H,4,8,16H2,1H3. The SMILES string of the molecule is CC#CCCC(NN)c1cc2cccc(Br)c2o1. The lowest BCUT2D eigenvalue weighted by Crippen LogP contribution is -2.27. The van der Waals surface area contributed by atoms with Gasteiger partial charge in [0.1, 0.15) is 11.3 Å². The molecule has 18 heavy (non-hydrogen) atoms. The highest BCUT2D eigenvalue weighted by atomic mass is 79.9. The lowest BCUT2D eigenvalue weighted by atomic mass is 10.1. The number of hydrogen-bond acceptors (Lipinski definition) is 3. The maximum atomic E-state index is 5.84. The van der Waals surface area contributed by atoms with Crippen LogP contribution < -0.4 is 11.3 Å². The smallest absolute Gasteiger partial charge is 0.148 e. The zero-order chi connectivity index (χ0) is 13.0. The number of para-hydroxylation sites is 1. The van der Waals surface area contributed by atoms with Crippen molar-refractivity contribution in [3.05, 3.63) is 34.5 Å². The maximum Gasteiger partial charge on any atom is 0.148 e. The highest BCUT2D eigenvalue weighted by Crippen LogP contribution is 2.30. The molecule has 0 aliphatic rings. The van der Waals surface area contributed by atoms with E-state index in [0.717, 1.165) is 34.0 Å². The molecule has 1 heterocycles. The van der Waals surface area contributed by atoms with Crippen molar-refractivity contribution in [2.45, 2.75) is 25.8 Å². The lowest BCUT2D eigenvalue weighted by molar-refractivity contribution is 0.420.